The molecule has 3 rings (SSSR count). The van der Waals surface area contributed by atoms with Crippen LogP contribution in [-0.2, 0) is 30.7 Å². The van der Waals surface area contributed by atoms with Gasteiger partial charge in [0.25, 0.3) is 5.56 Å². The van der Waals surface area contributed by atoms with Crippen LogP contribution in [0.2, 0.25) is 25.7 Å². The summed E-state index contributed by atoms with van der Waals surface area (Å²) >= 11 is 0. The first-order valence-corrected chi connectivity index (χ1v) is 13.1. The van der Waals surface area contributed by atoms with Crippen molar-refractivity contribution in [3.63, 3.8) is 0 Å². The molecule has 0 bridgehead atoms. The number of aromatic hydroxyl groups is 1. The Labute approximate surface area is 171 Å². The molecule has 0 atom stereocenters. The van der Waals surface area contributed by atoms with E-state index < -0.39 is 36.9 Å². The summed E-state index contributed by atoms with van der Waals surface area (Å²) < 4.78 is 61.3. The number of aromatic nitrogens is 2. The van der Waals surface area contributed by atoms with E-state index in [1.807, 2.05) is 0 Å². The van der Waals surface area contributed by atoms with Gasteiger partial charge in [0.2, 0.25) is 0 Å². The van der Waals surface area contributed by atoms with Gasteiger partial charge >= 0.3 is 6.18 Å². The maximum atomic E-state index is 14.1. The second-order valence-electron chi connectivity index (χ2n) is 8.48. The van der Waals surface area contributed by atoms with Gasteiger partial charge in [-0.1, -0.05) is 19.6 Å². The number of benzene rings is 1. The van der Waals surface area contributed by atoms with Crippen LogP contribution in [0.25, 0.3) is 0 Å². The number of nitrogens with zero attached hydrogens (tertiary/aromatic N) is 3. The van der Waals surface area contributed by atoms with E-state index in [1.54, 1.807) is 0 Å². The molecule has 1 N–H and O–H groups in total. The van der Waals surface area contributed by atoms with E-state index in [-0.39, 0.29) is 31.1 Å². The molecule has 2 heterocycles. The highest BCUT2D eigenvalue weighted by Gasteiger charge is 2.40. The van der Waals surface area contributed by atoms with Gasteiger partial charge in [-0.2, -0.15) is 18.3 Å². The number of ether oxygens (including phenoxy) is 1. The van der Waals surface area contributed by atoms with Crippen LogP contribution in [0, 0.1) is 5.82 Å². The average Bonchev–Trinajstić information content (AvgIpc) is 3.01. The molecule has 0 spiro atoms. The molecule has 1 aromatic heterocycles. The summed E-state index contributed by atoms with van der Waals surface area (Å²) in [4.78, 5) is 13.8. The summed E-state index contributed by atoms with van der Waals surface area (Å²) in [7, 11) is -1.38. The highest BCUT2D eigenvalue weighted by molar-refractivity contribution is 6.76. The molecule has 0 amide bonds. The van der Waals surface area contributed by atoms with E-state index in [1.165, 1.54) is 11.0 Å². The zero-order valence-corrected chi connectivity index (χ0v) is 17.9. The van der Waals surface area contributed by atoms with Crippen molar-refractivity contribution in [2.24, 2.45) is 0 Å². The molecular formula is C19H23F4N3O3Si. The number of hydrogen-bond donors (Lipinski definition) is 1. The molecule has 0 fully saturated rings. The Hall–Kier alpha value is -2.40. The van der Waals surface area contributed by atoms with Gasteiger partial charge in [-0.3, -0.25) is 4.79 Å². The fourth-order valence-electron chi connectivity index (χ4n) is 3.23. The Morgan fingerprint density at radius 1 is 1.23 bits per heavy atom. The molecule has 0 saturated carbocycles. The first kappa shape index (κ1) is 22.3. The maximum absolute atomic E-state index is 14.1. The van der Waals surface area contributed by atoms with Gasteiger partial charge in [0.1, 0.15) is 23.9 Å². The van der Waals surface area contributed by atoms with Crippen LogP contribution < -0.4 is 10.5 Å². The molecule has 1 aliphatic heterocycles. The van der Waals surface area contributed by atoms with E-state index in [2.05, 4.69) is 24.7 Å². The molecule has 11 heteroatoms. The van der Waals surface area contributed by atoms with Crippen molar-refractivity contribution >= 4 is 13.8 Å². The number of rotatable bonds is 6. The van der Waals surface area contributed by atoms with Gasteiger partial charge in [0.05, 0.1) is 11.9 Å². The number of phenolic OH excluding ortho intramolecular Hbond substituents is 1. The van der Waals surface area contributed by atoms with E-state index in [0.717, 1.165) is 18.3 Å². The van der Waals surface area contributed by atoms with Crippen LogP contribution in [0.15, 0.2) is 23.1 Å². The molecule has 1 aromatic carbocycles. The van der Waals surface area contributed by atoms with Crippen LogP contribution in [0.4, 0.5) is 23.2 Å². The lowest BCUT2D eigenvalue weighted by molar-refractivity contribution is -0.138. The highest BCUT2D eigenvalue weighted by atomic mass is 28.3. The molecule has 1 aliphatic rings. The number of halogens is 4. The van der Waals surface area contributed by atoms with Crippen molar-refractivity contribution in [3.8, 4) is 5.75 Å². The van der Waals surface area contributed by atoms with Crippen molar-refractivity contribution in [1.82, 2.24) is 9.78 Å². The predicted molar refractivity (Wildman–Crippen MR) is 106 cm³/mol. The Morgan fingerprint density at radius 3 is 2.57 bits per heavy atom. The minimum absolute atomic E-state index is 0.0818. The van der Waals surface area contributed by atoms with E-state index >= 15 is 0 Å². The quantitative estimate of drug-likeness (QED) is 0.415. The lowest BCUT2D eigenvalue weighted by atomic mass is 10.1. The number of anilines is 1. The van der Waals surface area contributed by atoms with Gasteiger partial charge < -0.3 is 14.7 Å². The van der Waals surface area contributed by atoms with Gasteiger partial charge in [0.15, 0.2) is 0 Å². The van der Waals surface area contributed by atoms with Crippen LogP contribution in [0.5, 0.6) is 5.75 Å². The van der Waals surface area contributed by atoms with Crippen molar-refractivity contribution in [2.75, 3.05) is 11.5 Å². The zero-order chi connectivity index (χ0) is 22.3. The molecule has 0 radical (unpaired) electrons. The summed E-state index contributed by atoms with van der Waals surface area (Å²) in [6.45, 7) is 6.10. The van der Waals surface area contributed by atoms with Gasteiger partial charge in [-0.05, 0) is 17.7 Å². The van der Waals surface area contributed by atoms with Crippen LogP contribution in [0.3, 0.4) is 0 Å². The molecule has 0 aliphatic carbocycles. The topological polar surface area (TPSA) is 67.6 Å². The fraction of sp³-hybridized carbons (Fsp3) is 0.474. The second kappa shape index (κ2) is 8.03. The first-order valence-electron chi connectivity index (χ1n) is 9.37. The maximum Gasteiger partial charge on any atom is 0.423 e. The van der Waals surface area contributed by atoms with Crippen LogP contribution in [-0.4, -0.2) is 29.6 Å². The minimum atomic E-state index is -4.93. The minimum Gasteiger partial charge on any atom is -0.508 e. The van der Waals surface area contributed by atoms with Crippen molar-refractivity contribution < 1.29 is 27.4 Å². The molecular weight excluding hydrogens is 422 g/mol. The van der Waals surface area contributed by atoms with Gasteiger partial charge in [-0.25, -0.2) is 9.07 Å². The SMILES string of the molecule is C[Si](C)(C)CCOCn1ncc(N2Cc3cc(O)cc(F)c3C2)c(C(F)(F)F)c1=O. The van der Waals surface area contributed by atoms with Crippen molar-refractivity contribution in [3.05, 3.63) is 51.2 Å². The van der Waals surface area contributed by atoms with Gasteiger partial charge in [0, 0.05) is 39.4 Å². The Kier molecular flexibility index (Phi) is 5.96. The average molecular weight is 445 g/mol. The first-order chi connectivity index (χ1) is 13.9. The smallest absolute Gasteiger partial charge is 0.423 e. The Morgan fingerprint density at radius 2 is 1.93 bits per heavy atom. The fourth-order valence-corrected chi connectivity index (χ4v) is 3.98. The van der Waals surface area contributed by atoms with Crippen molar-refractivity contribution in [2.45, 2.75) is 51.7 Å². The van der Waals surface area contributed by atoms with E-state index in [4.69, 9.17) is 4.74 Å². The summed E-state index contributed by atoms with van der Waals surface area (Å²) in [5.41, 5.74) is -2.57. The summed E-state index contributed by atoms with van der Waals surface area (Å²) in [6, 6.07) is 3.00. The Balaban J connectivity index is 1.88. The summed E-state index contributed by atoms with van der Waals surface area (Å²) in [5.74, 6) is -1.02. The van der Waals surface area contributed by atoms with E-state index in [9.17, 15) is 27.5 Å². The monoisotopic (exact) mass is 445 g/mol. The lowest BCUT2D eigenvalue weighted by Crippen LogP contribution is -2.34. The van der Waals surface area contributed by atoms with Crippen molar-refractivity contribution in [1.29, 1.82) is 0 Å². The number of hydrogen-bond acceptors (Lipinski definition) is 5. The number of alkyl halides is 3. The van der Waals surface area contributed by atoms with E-state index in [0.29, 0.717) is 16.9 Å². The normalized spacial score (nSPS) is 14.3. The lowest BCUT2D eigenvalue weighted by Gasteiger charge is -2.22. The highest BCUT2D eigenvalue weighted by Crippen LogP contribution is 2.38. The molecule has 30 heavy (non-hydrogen) atoms. The predicted octanol–water partition coefficient (Wildman–Crippen LogP) is 3.94. The Bertz CT molecular complexity index is 1000. The third-order valence-electron chi connectivity index (χ3n) is 4.84. The third-order valence-corrected chi connectivity index (χ3v) is 6.54. The second-order valence-corrected chi connectivity index (χ2v) is 14.1. The molecule has 6 nitrogen and oxygen atoms in total. The van der Waals surface area contributed by atoms with Gasteiger partial charge in [-0.15, -0.1) is 0 Å². The molecule has 0 unspecified atom stereocenters. The molecule has 0 saturated heterocycles. The third kappa shape index (κ3) is 4.83. The van der Waals surface area contributed by atoms with Crippen LogP contribution in [0.1, 0.15) is 16.7 Å². The van der Waals surface area contributed by atoms with Crippen LogP contribution >= 0.6 is 0 Å². The zero-order valence-electron chi connectivity index (χ0n) is 16.9. The molecule has 2 aromatic rings. The summed E-state index contributed by atoms with van der Waals surface area (Å²) in [5, 5.41) is 13.4. The number of phenols is 1. The number of fused-ring (bicyclic) bond motifs is 1. The molecule has 164 valence electrons. The standard InChI is InChI=1S/C19H23F4N3O3Si/c1-30(2,3)5-4-29-11-26-18(28)17(19(21,22)23)16(8-24-26)25-9-12-6-13(27)7-15(20)14(12)10-25/h6-8,27H,4-5,9-11H2,1-3H3. The summed E-state index contributed by atoms with van der Waals surface area (Å²) in [6.07, 6.45) is -3.97. The largest absolute Gasteiger partial charge is 0.508 e.